The molecule has 0 amide bonds. The highest BCUT2D eigenvalue weighted by Gasteiger charge is 2.33. The van der Waals surface area contributed by atoms with Crippen LogP contribution in [0.4, 0.5) is 0 Å². The second-order valence-corrected chi connectivity index (χ2v) is 7.67. The molecular weight excluding hydrogens is 258 g/mol. The number of aryl methyl sites for hydroxylation is 1. The van der Waals surface area contributed by atoms with Crippen LogP contribution in [0.5, 0.6) is 0 Å². The van der Waals surface area contributed by atoms with Crippen LogP contribution < -0.4 is 5.32 Å². The van der Waals surface area contributed by atoms with Gasteiger partial charge in [-0.3, -0.25) is 0 Å². The number of aromatic nitrogens is 2. The Morgan fingerprint density at radius 3 is 2.81 bits per heavy atom. The fourth-order valence-electron chi connectivity index (χ4n) is 3.13. The van der Waals surface area contributed by atoms with Crippen molar-refractivity contribution in [3.63, 3.8) is 0 Å². The molecule has 0 aromatic carbocycles. The summed E-state index contributed by atoms with van der Waals surface area (Å²) < 4.78 is 0. The van der Waals surface area contributed by atoms with E-state index in [-0.39, 0.29) is 0 Å². The van der Waals surface area contributed by atoms with Crippen LogP contribution in [0.15, 0.2) is 6.20 Å². The summed E-state index contributed by atoms with van der Waals surface area (Å²) in [6, 6.07) is 0.419. The zero-order chi connectivity index (χ0) is 15.5. The normalized spacial score (nSPS) is 20.6. The van der Waals surface area contributed by atoms with E-state index in [0.29, 0.717) is 17.4 Å². The molecule has 1 aromatic rings. The van der Waals surface area contributed by atoms with E-state index in [1.54, 1.807) is 0 Å². The van der Waals surface area contributed by atoms with Gasteiger partial charge in [-0.1, -0.05) is 34.6 Å². The molecule has 0 aliphatic heterocycles. The van der Waals surface area contributed by atoms with Gasteiger partial charge in [0, 0.05) is 29.9 Å². The second kappa shape index (κ2) is 6.87. The van der Waals surface area contributed by atoms with Gasteiger partial charge >= 0.3 is 0 Å². The molecule has 3 nitrogen and oxygen atoms in total. The van der Waals surface area contributed by atoms with E-state index in [1.807, 2.05) is 0 Å². The lowest BCUT2D eigenvalue weighted by molar-refractivity contribution is 0.253. The maximum atomic E-state index is 4.89. The molecule has 1 heterocycles. The highest BCUT2D eigenvalue weighted by molar-refractivity contribution is 5.26. The van der Waals surface area contributed by atoms with E-state index in [1.165, 1.54) is 30.5 Å². The molecule has 1 unspecified atom stereocenters. The molecule has 21 heavy (non-hydrogen) atoms. The Morgan fingerprint density at radius 2 is 2.14 bits per heavy atom. The molecule has 3 heteroatoms. The SMILES string of the molecule is CCCNC1CC(C)(C)Cc2nc(CCC(C)C)ncc21. The Balaban J connectivity index is 2.19. The molecule has 118 valence electrons. The summed E-state index contributed by atoms with van der Waals surface area (Å²) in [5, 5.41) is 3.67. The number of nitrogens with zero attached hydrogens (tertiary/aromatic N) is 2. The van der Waals surface area contributed by atoms with Gasteiger partial charge in [0.05, 0.1) is 0 Å². The van der Waals surface area contributed by atoms with E-state index >= 15 is 0 Å². The summed E-state index contributed by atoms with van der Waals surface area (Å²) in [6.07, 6.45) is 7.66. The number of hydrogen-bond donors (Lipinski definition) is 1. The van der Waals surface area contributed by atoms with Crippen molar-refractivity contribution in [3.05, 3.63) is 23.3 Å². The lowest BCUT2D eigenvalue weighted by atomic mass is 9.74. The van der Waals surface area contributed by atoms with Gasteiger partial charge < -0.3 is 5.32 Å². The molecule has 1 N–H and O–H groups in total. The van der Waals surface area contributed by atoms with Crippen molar-refractivity contribution < 1.29 is 0 Å². The topological polar surface area (TPSA) is 37.8 Å². The Morgan fingerprint density at radius 1 is 1.38 bits per heavy atom. The van der Waals surface area contributed by atoms with Gasteiger partial charge in [0.15, 0.2) is 0 Å². The van der Waals surface area contributed by atoms with E-state index < -0.39 is 0 Å². The van der Waals surface area contributed by atoms with Gasteiger partial charge in [-0.05, 0) is 43.6 Å². The third-order valence-corrected chi connectivity index (χ3v) is 4.31. The van der Waals surface area contributed by atoms with Crippen LogP contribution in [0, 0.1) is 11.3 Å². The quantitative estimate of drug-likeness (QED) is 0.857. The predicted molar refractivity (Wildman–Crippen MR) is 88.3 cm³/mol. The first-order chi connectivity index (χ1) is 9.91. The van der Waals surface area contributed by atoms with E-state index in [0.717, 1.165) is 25.2 Å². The van der Waals surface area contributed by atoms with Gasteiger partial charge in [0.1, 0.15) is 5.82 Å². The van der Waals surface area contributed by atoms with E-state index in [9.17, 15) is 0 Å². The van der Waals surface area contributed by atoms with Gasteiger partial charge in [-0.15, -0.1) is 0 Å². The van der Waals surface area contributed by atoms with Gasteiger partial charge in [0.2, 0.25) is 0 Å². The van der Waals surface area contributed by atoms with Crippen LogP contribution in [-0.2, 0) is 12.8 Å². The van der Waals surface area contributed by atoms with Crippen LogP contribution in [0.2, 0.25) is 0 Å². The van der Waals surface area contributed by atoms with Crippen molar-refractivity contribution in [2.45, 2.75) is 72.8 Å². The number of hydrogen-bond acceptors (Lipinski definition) is 3. The van der Waals surface area contributed by atoms with Crippen molar-refractivity contribution in [2.75, 3.05) is 6.54 Å². The number of fused-ring (bicyclic) bond motifs is 1. The van der Waals surface area contributed by atoms with Crippen molar-refractivity contribution >= 4 is 0 Å². The van der Waals surface area contributed by atoms with Crippen molar-refractivity contribution in [3.8, 4) is 0 Å². The average molecular weight is 289 g/mol. The lowest BCUT2D eigenvalue weighted by Crippen LogP contribution is -2.34. The zero-order valence-corrected chi connectivity index (χ0v) is 14.4. The van der Waals surface area contributed by atoms with Crippen LogP contribution in [-0.4, -0.2) is 16.5 Å². The van der Waals surface area contributed by atoms with Crippen molar-refractivity contribution in [1.82, 2.24) is 15.3 Å². The highest BCUT2D eigenvalue weighted by atomic mass is 15.0. The maximum Gasteiger partial charge on any atom is 0.128 e. The molecular formula is C18H31N3. The first kappa shape index (κ1) is 16.4. The first-order valence-corrected chi connectivity index (χ1v) is 8.49. The highest BCUT2D eigenvalue weighted by Crippen LogP contribution is 2.39. The number of rotatable bonds is 6. The lowest BCUT2D eigenvalue weighted by Gasteiger charge is -2.36. The monoisotopic (exact) mass is 289 g/mol. The fourth-order valence-corrected chi connectivity index (χ4v) is 3.13. The van der Waals surface area contributed by atoms with Crippen molar-refractivity contribution in [1.29, 1.82) is 0 Å². The van der Waals surface area contributed by atoms with Crippen LogP contribution in [0.3, 0.4) is 0 Å². The molecule has 0 fully saturated rings. The maximum absolute atomic E-state index is 4.89. The molecule has 0 saturated carbocycles. The summed E-state index contributed by atoms with van der Waals surface area (Å²) in [7, 11) is 0. The molecule has 1 aliphatic carbocycles. The minimum absolute atomic E-state index is 0.322. The van der Waals surface area contributed by atoms with Gasteiger partial charge in [-0.2, -0.15) is 0 Å². The smallest absolute Gasteiger partial charge is 0.128 e. The minimum atomic E-state index is 0.322. The Hall–Kier alpha value is -0.960. The molecule has 0 saturated heterocycles. The summed E-state index contributed by atoms with van der Waals surface area (Å²) in [4.78, 5) is 9.51. The van der Waals surface area contributed by atoms with Crippen LogP contribution >= 0.6 is 0 Å². The van der Waals surface area contributed by atoms with Crippen molar-refractivity contribution in [2.24, 2.45) is 11.3 Å². The Bertz CT molecular complexity index is 466. The molecule has 1 aromatic heterocycles. The summed E-state index contributed by atoms with van der Waals surface area (Å²) in [5.41, 5.74) is 2.92. The standard InChI is InChI=1S/C18H31N3/c1-6-9-19-15-10-18(4,5)11-16-14(15)12-20-17(21-16)8-7-13(2)3/h12-13,15,19H,6-11H2,1-5H3. The second-order valence-electron chi connectivity index (χ2n) is 7.67. The zero-order valence-electron chi connectivity index (χ0n) is 14.4. The molecule has 1 aliphatic rings. The number of nitrogens with one attached hydrogen (secondary N) is 1. The molecule has 2 rings (SSSR count). The summed E-state index contributed by atoms with van der Waals surface area (Å²) in [5.74, 6) is 1.73. The third-order valence-electron chi connectivity index (χ3n) is 4.31. The van der Waals surface area contributed by atoms with Crippen LogP contribution in [0.1, 0.15) is 77.0 Å². The van der Waals surface area contributed by atoms with E-state index in [2.05, 4.69) is 51.1 Å². The average Bonchev–Trinajstić information content (AvgIpc) is 2.40. The molecule has 0 bridgehead atoms. The van der Waals surface area contributed by atoms with Gasteiger partial charge in [0.25, 0.3) is 0 Å². The first-order valence-electron chi connectivity index (χ1n) is 8.49. The summed E-state index contributed by atoms with van der Waals surface area (Å²) in [6.45, 7) is 12.5. The fraction of sp³-hybridized carbons (Fsp3) is 0.778. The predicted octanol–water partition coefficient (Wildman–Crippen LogP) is 4.08. The Labute approximate surface area is 130 Å². The summed E-state index contributed by atoms with van der Waals surface area (Å²) >= 11 is 0. The van der Waals surface area contributed by atoms with Crippen LogP contribution in [0.25, 0.3) is 0 Å². The third kappa shape index (κ3) is 4.50. The largest absolute Gasteiger partial charge is 0.310 e. The minimum Gasteiger partial charge on any atom is -0.310 e. The van der Waals surface area contributed by atoms with E-state index in [4.69, 9.17) is 4.98 Å². The molecule has 0 spiro atoms. The Kier molecular flexibility index (Phi) is 5.37. The molecule has 1 atom stereocenters. The van der Waals surface area contributed by atoms with Gasteiger partial charge in [-0.25, -0.2) is 9.97 Å². The molecule has 0 radical (unpaired) electrons.